The average molecular weight is 182 g/mol. The molecule has 0 spiro atoms. The Labute approximate surface area is 77.4 Å². The van der Waals surface area contributed by atoms with E-state index in [1.807, 2.05) is 6.92 Å². The second-order valence-electron chi connectivity index (χ2n) is 3.51. The van der Waals surface area contributed by atoms with Gasteiger partial charge in [-0.25, -0.2) is 0 Å². The van der Waals surface area contributed by atoms with Crippen LogP contribution in [0, 0.1) is 17.8 Å². The molecule has 1 aliphatic rings. The van der Waals surface area contributed by atoms with Crippen LogP contribution in [-0.2, 0) is 4.79 Å². The molecule has 0 aromatic rings. The van der Waals surface area contributed by atoms with Crippen molar-refractivity contribution in [3.05, 3.63) is 24.0 Å². The Morgan fingerprint density at radius 3 is 2.69 bits per heavy atom. The molecule has 1 rings (SSSR count). The Kier molecular flexibility index (Phi) is 2.76. The van der Waals surface area contributed by atoms with Gasteiger partial charge in [0.05, 0.1) is 5.92 Å². The zero-order valence-corrected chi connectivity index (χ0v) is 7.77. The van der Waals surface area contributed by atoms with Gasteiger partial charge in [-0.3, -0.25) is 4.79 Å². The number of hydrogen-bond donors (Lipinski definition) is 2. The van der Waals surface area contributed by atoms with Gasteiger partial charge >= 0.3 is 5.97 Å². The van der Waals surface area contributed by atoms with E-state index >= 15 is 0 Å². The van der Waals surface area contributed by atoms with E-state index in [4.69, 9.17) is 10.2 Å². The number of carboxylic acid groups (broad SMARTS) is 1. The number of aliphatic hydroxyl groups excluding tert-OH is 1. The van der Waals surface area contributed by atoms with Crippen molar-refractivity contribution in [1.29, 1.82) is 0 Å². The Morgan fingerprint density at radius 1 is 1.62 bits per heavy atom. The first-order valence-corrected chi connectivity index (χ1v) is 4.34. The summed E-state index contributed by atoms with van der Waals surface area (Å²) in [7, 11) is 0. The van der Waals surface area contributed by atoms with Gasteiger partial charge in [0.15, 0.2) is 0 Å². The predicted molar refractivity (Wildman–Crippen MR) is 49.3 cm³/mol. The lowest BCUT2D eigenvalue weighted by Gasteiger charge is -2.24. The first-order chi connectivity index (χ1) is 6.02. The van der Waals surface area contributed by atoms with Gasteiger partial charge in [-0.15, -0.1) is 0 Å². The second-order valence-corrected chi connectivity index (χ2v) is 3.51. The van der Waals surface area contributed by atoms with Crippen LogP contribution in [0.25, 0.3) is 0 Å². The summed E-state index contributed by atoms with van der Waals surface area (Å²) in [5.74, 6) is -0.919. The molecular formula is C10H14O3. The van der Waals surface area contributed by atoms with Crippen LogP contribution >= 0.6 is 0 Å². The molecule has 3 atom stereocenters. The van der Waals surface area contributed by atoms with E-state index in [0.29, 0.717) is 0 Å². The molecule has 0 radical (unpaired) electrons. The molecule has 2 N–H and O–H groups in total. The Bertz CT molecular complexity index is 265. The molecule has 0 aromatic heterocycles. The number of hydrogen-bond acceptors (Lipinski definition) is 2. The van der Waals surface area contributed by atoms with Gasteiger partial charge in [0.1, 0.15) is 5.76 Å². The lowest BCUT2D eigenvalue weighted by molar-refractivity contribution is -0.142. The fraction of sp³-hybridized carbons (Fsp3) is 0.500. The maximum atomic E-state index is 10.7. The summed E-state index contributed by atoms with van der Waals surface area (Å²) in [5, 5.41) is 17.9. The van der Waals surface area contributed by atoms with Crippen molar-refractivity contribution in [3.63, 3.8) is 0 Å². The topological polar surface area (TPSA) is 57.5 Å². The summed E-state index contributed by atoms with van der Waals surface area (Å²) in [6.07, 6.45) is 5.01. The van der Waals surface area contributed by atoms with Crippen molar-refractivity contribution in [1.82, 2.24) is 0 Å². The lowest BCUT2D eigenvalue weighted by Crippen LogP contribution is -2.25. The second kappa shape index (κ2) is 3.64. The van der Waals surface area contributed by atoms with Crippen LogP contribution in [0.4, 0.5) is 0 Å². The van der Waals surface area contributed by atoms with E-state index in [-0.39, 0.29) is 17.6 Å². The van der Waals surface area contributed by atoms with Gasteiger partial charge in [0.2, 0.25) is 0 Å². The van der Waals surface area contributed by atoms with Crippen molar-refractivity contribution in [3.8, 4) is 0 Å². The normalized spacial score (nSPS) is 29.5. The molecule has 0 saturated carbocycles. The highest BCUT2D eigenvalue weighted by atomic mass is 16.4. The van der Waals surface area contributed by atoms with E-state index in [1.54, 1.807) is 25.2 Å². The van der Waals surface area contributed by atoms with Crippen molar-refractivity contribution in [2.45, 2.75) is 13.8 Å². The highest BCUT2D eigenvalue weighted by Gasteiger charge is 2.27. The monoisotopic (exact) mass is 182 g/mol. The van der Waals surface area contributed by atoms with E-state index in [2.05, 4.69) is 0 Å². The van der Waals surface area contributed by atoms with Crippen LogP contribution in [0.2, 0.25) is 0 Å². The minimum Gasteiger partial charge on any atom is -0.508 e. The Hall–Kier alpha value is -1.25. The third-order valence-electron chi connectivity index (χ3n) is 2.50. The summed E-state index contributed by atoms with van der Waals surface area (Å²) in [5.41, 5.74) is 0. The summed E-state index contributed by atoms with van der Waals surface area (Å²) in [6.45, 7) is 3.59. The van der Waals surface area contributed by atoms with Crippen molar-refractivity contribution >= 4 is 5.97 Å². The predicted octanol–water partition coefficient (Wildman–Crippen LogP) is 1.97. The van der Waals surface area contributed by atoms with E-state index in [0.717, 1.165) is 0 Å². The first-order valence-electron chi connectivity index (χ1n) is 4.34. The molecule has 3 nitrogen and oxygen atoms in total. The zero-order valence-electron chi connectivity index (χ0n) is 7.77. The van der Waals surface area contributed by atoms with Crippen LogP contribution < -0.4 is 0 Å². The largest absolute Gasteiger partial charge is 0.508 e. The summed E-state index contributed by atoms with van der Waals surface area (Å²) in [4.78, 5) is 10.7. The van der Waals surface area contributed by atoms with E-state index < -0.39 is 11.9 Å². The van der Waals surface area contributed by atoms with Crippen LogP contribution in [0.5, 0.6) is 0 Å². The molecule has 0 heterocycles. The fourth-order valence-corrected chi connectivity index (χ4v) is 1.61. The van der Waals surface area contributed by atoms with Gasteiger partial charge in [-0.05, 0) is 24.0 Å². The molecule has 1 aliphatic carbocycles. The van der Waals surface area contributed by atoms with Crippen LogP contribution in [0.3, 0.4) is 0 Å². The number of carboxylic acids is 1. The zero-order chi connectivity index (χ0) is 10.0. The molecule has 72 valence electrons. The maximum absolute atomic E-state index is 10.7. The molecule has 13 heavy (non-hydrogen) atoms. The summed E-state index contributed by atoms with van der Waals surface area (Å²) >= 11 is 0. The van der Waals surface area contributed by atoms with Crippen molar-refractivity contribution < 1.29 is 15.0 Å². The smallest absolute Gasteiger partial charge is 0.306 e. The van der Waals surface area contributed by atoms with Gasteiger partial charge in [0.25, 0.3) is 0 Å². The minimum absolute atomic E-state index is 0.0200. The van der Waals surface area contributed by atoms with Gasteiger partial charge in [0, 0.05) is 0 Å². The highest BCUT2D eigenvalue weighted by Crippen LogP contribution is 2.28. The maximum Gasteiger partial charge on any atom is 0.306 e. The third kappa shape index (κ3) is 2.11. The number of aliphatic carboxylic acids is 1. The number of aliphatic hydroxyl groups is 1. The number of carbonyl (C=O) groups is 1. The Balaban J connectivity index is 2.75. The third-order valence-corrected chi connectivity index (χ3v) is 2.50. The lowest BCUT2D eigenvalue weighted by atomic mass is 9.80. The SMILES string of the molecule is CC1C=C(O)C=CC1[C@H](C)C(=O)O. The van der Waals surface area contributed by atoms with E-state index in [1.165, 1.54) is 0 Å². The van der Waals surface area contributed by atoms with Gasteiger partial charge in [-0.2, -0.15) is 0 Å². The average Bonchev–Trinajstić information content (AvgIpc) is 2.03. The quantitative estimate of drug-likeness (QED) is 0.686. The molecule has 0 fully saturated rings. The Morgan fingerprint density at radius 2 is 2.23 bits per heavy atom. The molecule has 2 unspecified atom stereocenters. The molecule has 0 bridgehead atoms. The summed E-state index contributed by atoms with van der Waals surface area (Å²) in [6, 6.07) is 0. The van der Waals surface area contributed by atoms with Gasteiger partial charge in [-0.1, -0.05) is 19.9 Å². The van der Waals surface area contributed by atoms with E-state index in [9.17, 15) is 4.79 Å². The highest BCUT2D eigenvalue weighted by molar-refractivity contribution is 5.70. The van der Waals surface area contributed by atoms with Gasteiger partial charge < -0.3 is 10.2 Å². The first kappa shape index (κ1) is 9.84. The standard InChI is InChI=1S/C10H14O3/c1-6-5-8(11)3-4-9(6)7(2)10(12)13/h3-7,9,11H,1-2H3,(H,12,13)/t6?,7-,9?/m0/s1. The fourth-order valence-electron chi connectivity index (χ4n) is 1.61. The minimum atomic E-state index is -0.795. The van der Waals surface area contributed by atoms with Crippen LogP contribution in [-0.4, -0.2) is 16.2 Å². The molecule has 0 amide bonds. The van der Waals surface area contributed by atoms with Crippen LogP contribution in [0.15, 0.2) is 24.0 Å². The molecule has 0 aliphatic heterocycles. The molecule has 0 saturated heterocycles. The molecule has 3 heteroatoms. The molecular weight excluding hydrogens is 168 g/mol. The number of allylic oxidation sites excluding steroid dienone is 3. The molecule has 0 aromatic carbocycles. The van der Waals surface area contributed by atoms with Crippen LogP contribution in [0.1, 0.15) is 13.8 Å². The van der Waals surface area contributed by atoms with Crippen molar-refractivity contribution in [2.24, 2.45) is 17.8 Å². The summed E-state index contributed by atoms with van der Waals surface area (Å²) < 4.78 is 0. The number of rotatable bonds is 2. The van der Waals surface area contributed by atoms with Crippen molar-refractivity contribution in [2.75, 3.05) is 0 Å².